The van der Waals surface area contributed by atoms with Crippen LogP contribution in [0.2, 0.25) is 0 Å². The van der Waals surface area contributed by atoms with Gasteiger partial charge in [-0.3, -0.25) is 4.79 Å². The molecule has 1 heterocycles. The molecule has 0 bridgehead atoms. The zero-order valence-electron chi connectivity index (χ0n) is 12.7. The number of likely N-dealkylation sites (tertiary alicyclic amines) is 1. The lowest BCUT2D eigenvalue weighted by atomic mass is 9.98. The highest BCUT2D eigenvalue weighted by molar-refractivity contribution is 5.88. The van der Waals surface area contributed by atoms with Crippen molar-refractivity contribution in [3.63, 3.8) is 0 Å². The molecule has 1 aromatic carbocycles. The van der Waals surface area contributed by atoms with Crippen molar-refractivity contribution >= 4 is 11.9 Å². The largest absolute Gasteiger partial charge is 0.467 e. The molecule has 0 spiro atoms. The third-order valence-corrected chi connectivity index (χ3v) is 4.08. The topological polar surface area (TPSA) is 46.6 Å². The van der Waals surface area contributed by atoms with Crippen molar-refractivity contribution in [3.8, 4) is 0 Å². The lowest BCUT2D eigenvalue weighted by Gasteiger charge is -2.32. The molecule has 1 aliphatic heterocycles. The molecule has 0 aliphatic carbocycles. The van der Waals surface area contributed by atoms with E-state index in [0.29, 0.717) is 12.8 Å². The van der Waals surface area contributed by atoms with Crippen LogP contribution in [0.4, 0.5) is 0 Å². The van der Waals surface area contributed by atoms with Gasteiger partial charge in [-0.2, -0.15) is 0 Å². The third kappa shape index (κ3) is 3.43. The van der Waals surface area contributed by atoms with Gasteiger partial charge >= 0.3 is 5.97 Å². The Morgan fingerprint density at radius 3 is 2.71 bits per heavy atom. The van der Waals surface area contributed by atoms with Crippen LogP contribution in [-0.4, -0.2) is 29.9 Å². The van der Waals surface area contributed by atoms with E-state index in [2.05, 4.69) is 6.92 Å². The van der Waals surface area contributed by atoms with E-state index in [1.807, 2.05) is 30.3 Å². The molecule has 114 valence electrons. The molecule has 0 saturated carbocycles. The van der Waals surface area contributed by atoms with E-state index in [0.717, 1.165) is 24.8 Å². The molecule has 2 unspecified atom stereocenters. The Morgan fingerprint density at radius 1 is 1.38 bits per heavy atom. The van der Waals surface area contributed by atoms with Gasteiger partial charge in [0.15, 0.2) is 0 Å². The number of carbonyl (C=O) groups excluding carboxylic acids is 2. The van der Waals surface area contributed by atoms with Crippen molar-refractivity contribution in [3.05, 3.63) is 35.9 Å². The maximum atomic E-state index is 12.3. The Bertz CT molecular complexity index is 486. The first-order valence-corrected chi connectivity index (χ1v) is 7.63. The summed E-state index contributed by atoms with van der Waals surface area (Å²) in [5.74, 6) is -0.256. The summed E-state index contributed by atoms with van der Waals surface area (Å²) in [4.78, 5) is 26.0. The fourth-order valence-corrected chi connectivity index (χ4v) is 3.00. The van der Waals surface area contributed by atoms with Crippen LogP contribution in [-0.2, 0) is 14.3 Å². The molecule has 1 aliphatic rings. The van der Waals surface area contributed by atoms with E-state index in [9.17, 15) is 9.59 Å². The number of hydrogen-bond donors (Lipinski definition) is 0. The Balaban J connectivity index is 2.29. The first-order valence-electron chi connectivity index (χ1n) is 7.63. The van der Waals surface area contributed by atoms with Crippen LogP contribution in [0, 0.1) is 0 Å². The van der Waals surface area contributed by atoms with E-state index in [1.54, 1.807) is 4.90 Å². The number of benzene rings is 1. The van der Waals surface area contributed by atoms with E-state index >= 15 is 0 Å². The summed E-state index contributed by atoms with van der Waals surface area (Å²) in [6.45, 7) is 2.13. The maximum absolute atomic E-state index is 12.3. The van der Waals surface area contributed by atoms with Gasteiger partial charge in [0, 0.05) is 6.42 Å². The molecule has 0 aromatic heterocycles. The molecule has 4 nitrogen and oxygen atoms in total. The van der Waals surface area contributed by atoms with Crippen molar-refractivity contribution in [1.29, 1.82) is 0 Å². The second-order valence-corrected chi connectivity index (χ2v) is 5.45. The van der Waals surface area contributed by atoms with Crippen LogP contribution in [0.1, 0.15) is 50.6 Å². The van der Waals surface area contributed by atoms with E-state index < -0.39 is 6.04 Å². The Hall–Kier alpha value is -1.84. The average Bonchev–Trinajstić information content (AvgIpc) is 2.90. The van der Waals surface area contributed by atoms with Crippen molar-refractivity contribution in [2.75, 3.05) is 7.11 Å². The molecular formula is C17H23NO3. The van der Waals surface area contributed by atoms with Crippen molar-refractivity contribution < 1.29 is 14.3 Å². The number of hydrogen-bond acceptors (Lipinski definition) is 3. The van der Waals surface area contributed by atoms with Gasteiger partial charge in [0.2, 0.25) is 5.91 Å². The van der Waals surface area contributed by atoms with Crippen LogP contribution in [0.3, 0.4) is 0 Å². The number of amides is 1. The first kappa shape index (κ1) is 15.5. The number of unbranched alkanes of at least 4 members (excludes halogenated alkanes) is 1. The summed E-state index contributed by atoms with van der Waals surface area (Å²) in [6, 6.07) is 9.49. The van der Waals surface area contributed by atoms with Gasteiger partial charge in [0.05, 0.1) is 13.2 Å². The van der Waals surface area contributed by atoms with Gasteiger partial charge in [-0.05, 0) is 18.4 Å². The predicted molar refractivity (Wildman–Crippen MR) is 80.6 cm³/mol. The van der Waals surface area contributed by atoms with Gasteiger partial charge in [-0.15, -0.1) is 0 Å². The van der Waals surface area contributed by atoms with Crippen LogP contribution in [0.25, 0.3) is 0 Å². The monoisotopic (exact) mass is 289 g/mol. The average molecular weight is 289 g/mol. The number of carbonyl (C=O) groups is 2. The van der Waals surface area contributed by atoms with E-state index in [1.165, 1.54) is 7.11 Å². The lowest BCUT2D eigenvalue weighted by molar-refractivity contribution is -0.151. The van der Waals surface area contributed by atoms with Crippen molar-refractivity contribution in [2.45, 2.75) is 51.1 Å². The summed E-state index contributed by atoms with van der Waals surface area (Å²) >= 11 is 0. The SMILES string of the molecule is CCCCC(c1ccccc1)N1C(=O)CCC1C(=O)OC. The summed E-state index contributed by atoms with van der Waals surface area (Å²) in [7, 11) is 1.38. The Morgan fingerprint density at radius 2 is 2.10 bits per heavy atom. The van der Waals surface area contributed by atoms with Crippen LogP contribution >= 0.6 is 0 Å². The zero-order valence-corrected chi connectivity index (χ0v) is 12.7. The summed E-state index contributed by atoms with van der Waals surface area (Å²) < 4.78 is 4.87. The van der Waals surface area contributed by atoms with Gasteiger partial charge < -0.3 is 9.64 Å². The summed E-state index contributed by atoms with van der Waals surface area (Å²) in [6.07, 6.45) is 3.95. The molecule has 2 rings (SSSR count). The molecule has 21 heavy (non-hydrogen) atoms. The lowest BCUT2D eigenvalue weighted by Crippen LogP contribution is -2.41. The molecule has 2 atom stereocenters. The molecule has 1 amide bonds. The third-order valence-electron chi connectivity index (χ3n) is 4.08. The number of rotatable bonds is 6. The maximum Gasteiger partial charge on any atom is 0.328 e. The predicted octanol–water partition coefficient (Wildman–Crippen LogP) is 3.08. The molecule has 1 fully saturated rings. The highest BCUT2D eigenvalue weighted by atomic mass is 16.5. The number of esters is 1. The molecule has 1 saturated heterocycles. The van der Waals surface area contributed by atoms with Gasteiger partial charge in [-0.1, -0.05) is 50.1 Å². The fourth-order valence-electron chi connectivity index (χ4n) is 3.00. The number of ether oxygens (including phenoxy) is 1. The van der Waals surface area contributed by atoms with Crippen LogP contribution in [0.15, 0.2) is 30.3 Å². The summed E-state index contributed by atoms with van der Waals surface area (Å²) in [5, 5.41) is 0. The van der Waals surface area contributed by atoms with Crippen LogP contribution in [0.5, 0.6) is 0 Å². The van der Waals surface area contributed by atoms with E-state index in [4.69, 9.17) is 4.74 Å². The highest BCUT2D eigenvalue weighted by Gasteiger charge is 2.41. The smallest absolute Gasteiger partial charge is 0.328 e. The van der Waals surface area contributed by atoms with Gasteiger partial charge in [0.25, 0.3) is 0 Å². The Kier molecular flexibility index (Phi) is 5.37. The first-order chi connectivity index (χ1) is 10.2. The number of nitrogens with zero attached hydrogens (tertiary/aromatic N) is 1. The number of methoxy groups -OCH3 is 1. The quantitative estimate of drug-likeness (QED) is 0.756. The highest BCUT2D eigenvalue weighted by Crippen LogP contribution is 2.34. The minimum Gasteiger partial charge on any atom is -0.467 e. The van der Waals surface area contributed by atoms with Crippen molar-refractivity contribution in [1.82, 2.24) is 4.90 Å². The minimum atomic E-state index is -0.440. The normalized spacial score (nSPS) is 19.6. The second-order valence-electron chi connectivity index (χ2n) is 5.45. The fraction of sp³-hybridized carbons (Fsp3) is 0.529. The molecule has 4 heteroatoms. The molecule has 0 radical (unpaired) electrons. The molecular weight excluding hydrogens is 266 g/mol. The minimum absolute atomic E-state index is 0.0368. The summed E-state index contributed by atoms with van der Waals surface area (Å²) in [5.41, 5.74) is 1.09. The standard InChI is InChI=1S/C17H23NO3/c1-3-4-10-14(13-8-6-5-7-9-13)18-15(17(20)21-2)11-12-16(18)19/h5-9,14-15H,3-4,10-12H2,1-2H3. The molecule has 1 aromatic rings. The van der Waals surface area contributed by atoms with Crippen LogP contribution < -0.4 is 0 Å². The van der Waals surface area contributed by atoms with E-state index in [-0.39, 0.29) is 17.9 Å². The van der Waals surface area contributed by atoms with Crippen molar-refractivity contribution in [2.24, 2.45) is 0 Å². The molecule has 0 N–H and O–H groups in total. The van der Waals surface area contributed by atoms with Gasteiger partial charge in [0.1, 0.15) is 6.04 Å². The van der Waals surface area contributed by atoms with Gasteiger partial charge in [-0.25, -0.2) is 4.79 Å². The second kappa shape index (κ2) is 7.25. The Labute approximate surface area is 126 Å². The zero-order chi connectivity index (χ0) is 15.2.